The molecule has 0 aliphatic heterocycles. The number of benzene rings is 2. The Morgan fingerprint density at radius 3 is 2.55 bits per heavy atom. The Morgan fingerprint density at radius 2 is 1.90 bits per heavy atom. The van der Waals surface area contributed by atoms with Gasteiger partial charge in [0.15, 0.2) is 0 Å². The van der Waals surface area contributed by atoms with Gasteiger partial charge < -0.3 is 4.74 Å². The maximum Gasteiger partial charge on any atom is 0.269 e. The zero-order valence-electron chi connectivity index (χ0n) is 11.0. The first-order valence-electron chi connectivity index (χ1n) is 6.21. The number of non-ortho nitro benzene ring substituents is 1. The van der Waals surface area contributed by atoms with E-state index in [0.29, 0.717) is 12.3 Å². The summed E-state index contributed by atoms with van der Waals surface area (Å²) in [7, 11) is 0. The number of hydrogen-bond acceptors (Lipinski definition) is 4. The predicted octanol–water partition coefficient (Wildman–Crippen LogP) is 3.74. The van der Waals surface area contributed by atoms with Gasteiger partial charge in [-0.1, -0.05) is 12.1 Å². The Labute approximate surface area is 116 Å². The van der Waals surface area contributed by atoms with Crippen LogP contribution in [0.5, 0.6) is 5.75 Å². The standard InChI is InChI=1S/C15H14N2O3/c1-2-20-15-6-4-3-5-12(15)11-16-13-7-9-14(10-8-13)17(18)19/h3-11H,2H2,1H3. The molecule has 5 heteroatoms. The maximum atomic E-state index is 10.6. The van der Waals surface area contributed by atoms with Crippen molar-refractivity contribution >= 4 is 17.6 Å². The van der Waals surface area contributed by atoms with Gasteiger partial charge in [-0.25, -0.2) is 0 Å². The highest BCUT2D eigenvalue weighted by atomic mass is 16.6. The molecule has 0 fully saturated rings. The number of hydrogen-bond donors (Lipinski definition) is 0. The second-order valence-electron chi connectivity index (χ2n) is 4.00. The molecule has 2 rings (SSSR count). The summed E-state index contributed by atoms with van der Waals surface area (Å²) < 4.78 is 5.50. The van der Waals surface area contributed by atoms with Gasteiger partial charge in [-0.3, -0.25) is 15.1 Å². The topological polar surface area (TPSA) is 64.7 Å². The Kier molecular flexibility index (Phi) is 4.44. The van der Waals surface area contributed by atoms with Gasteiger partial charge in [0.05, 0.1) is 17.2 Å². The smallest absolute Gasteiger partial charge is 0.269 e. The third kappa shape index (κ3) is 3.41. The molecule has 0 radical (unpaired) electrons. The Morgan fingerprint density at radius 1 is 1.20 bits per heavy atom. The van der Waals surface area contributed by atoms with Crippen molar-refractivity contribution in [2.24, 2.45) is 4.99 Å². The summed E-state index contributed by atoms with van der Waals surface area (Å²) in [6.45, 7) is 2.51. The van der Waals surface area contributed by atoms with Crippen molar-refractivity contribution in [3.63, 3.8) is 0 Å². The number of nitrogens with zero attached hydrogens (tertiary/aromatic N) is 2. The maximum absolute atomic E-state index is 10.6. The van der Waals surface area contributed by atoms with E-state index in [1.54, 1.807) is 18.3 Å². The molecule has 0 saturated carbocycles. The average Bonchev–Trinajstić information content (AvgIpc) is 2.47. The predicted molar refractivity (Wildman–Crippen MR) is 78.0 cm³/mol. The van der Waals surface area contributed by atoms with Gasteiger partial charge in [-0.05, 0) is 31.2 Å². The van der Waals surface area contributed by atoms with Gasteiger partial charge in [0, 0.05) is 23.9 Å². The summed E-state index contributed by atoms with van der Waals surface area (Å²) in [5, 5.41) is 10.6. The van der Waals surface area contributed by atoms with Gasteiger partial charge >= 0.3 is 0 Å². The Balaban J connectivity index is 2.18. The largest absolute Gasteiger partial charge is 0.493 e. The van der Waals surface area contributed by atoms with Crippen LogP contribution in [0.4, 0.5) is 11.4 Å². The zero-order valence-corrected chi connectivity index (χ0v) is 11.0. The van der Waals surface area contributed by atoms with E-state index in [0.717, 1.165) is 11.3 Å². The summed E-state index contributed by atoms with van der Waals surface area (Å²) in [6.07, 6.45) is 1.69. The van der Waals surface area contributed by atoms with E-state index in [9.17, 15) is 10.1 Å². The highest BCUT2D eigenvalue weighted by Crippen LogP contribution is 2.20. The number of aliphatic imine (C=N–C) groups is 1. The molecule has 0 unspecified atom stereocenters. The van der Waals surface area contributed by atoms with Gasteiger partial charge in [-0.2, -0.15) is 0 Å². The minimum atomic E-state index is -0.433. The highest BCUT2D eigenvalue weighted by molar-refractivity contribution is 5.85. The van der Waals surface area contributed by atoms with Gasteiger partial charge in [-0.15, -0.1) is 0 Å². The van der Waals surface area contributed by atoms with Crippen molar-refractivity contribution in [1.29, 1.82) is 0 Å². The summed E-state index contributed by atoms with van der Waals surface area (Å²) in [4.78, 5) is 14.4. The molecule has 0 aromatic heterocycles. The van der Waals surface area contributed by atoms with Crippen molar-refractivity contribution < 1.29 is 9.66 Å². The minimum Gasteiger partial charge on any atom is -0.493 e. The van der Waals surface area contributed by atoms with E-state index in [1.807, 2.05) is 31.2 Å². The fourth-order valence-electron chi connectivity index (χ4n) is 1.68. The summed E-state index contributed by atoms with van der Waals surface area (Å²) in [6, 6.07) is 13.7. The minimum absolute atomic E-state index is 0.0543. The lowest BCUT2D eigenvalue weighted by atomic mass is 10.2. The SMILES string of the molecule is CCOc1ccccc1C=Nc1ccc([N+](=O)[O-])cc1. The summed E-state index contributed by atoms with van der Waals surface area (Å²) in [5.41, 5.74) is 1.58. The fourth-order valence-corrected chi connectivity index (χ4v) is 1.68. The quantitative estimate of drug-likeness (QED) is 0.472. The Bertz CT molecular complexity index is 621. The summed E-state index contributed by atoms with van der Waals surface area (Å²) >= 11 is 0. The van der Waals surface area contributed by atoms with Crippen LogP contribution in [-0.4, -0.2) is 17.7 Å². The first kappa shape index (κ1) is 13.7. The van der Waals surface area contributed by atoms with E-state index in [1.165, 1.54) is 12.1 Å². The normalized spacial score (nSPS) is 10.7. The van der Waals surface area contributed by atoms with E-state index in [2.05, 4.69) is 4.99 Å². The number of nitro benzene ring substituents is 1. The van der Waals surface area contributed by atoms with Crippen LogP contribution in [0.25, 0.3) is 0 Å². The highest BCUT2D eigenvalue weighted by Gasteiger charge is 2.03. The van der Waals surface area contributed by atoms with Crippen molar-refractivity contribution in [3.05, 3.63) is 64.2 Å². The molecule has 0 spiro atoms. The molecule has 2 aromatic rings. The van der Waals surface area contributed by atoms with E-state index in [-0.39, 0.29) is 5.69 Å². The van der Waals surface area contributed by atoms with Gasteiger partial charge in [0.2, 0.25) is 0 Å². The number of para-hydroxylation sites is 1. The third-order valence-electron chi connectivity index (χ3n) is 2.63. The van der Waals surface area contributed by atoms with Crippen molar-refractivity contribution in [2.75, 3.05) is 6.61 Å². The molecule has 0 aliphatic rings. The molecular weight excluding hydrogens is 256 g/mol. The molecule has 102 valence electrons. The lowest BCUT2D eigenvalue weighted by Gasteiger charge is -2.05. The van der Waals surface area contributed by atoms with Crippen molar-refractivity contribution in [1.82, 2.24) is 0 Å². The molecular formula is C15H14N2O3. The molecule has 0 atom stereocenters. The van der Waals surface area contributed by atoms with Gasteiger partial charge in [0.25, 0.3) is 5.69 Å². The van der Waals surface area contributed by atoms with E-state index >= 15 is 0 Å². The second kappa shape index (κ2) is 6.47. The molecule has 5 nitrogen and oxygen atoms in total. The van der Waals surface area contributed by atoms with Crippen LogP contribution in [0.2, 0.25) is 0 Å². The molecule has 0 heterocycles. The van der Waals surface area contributed by atoms with E-state index < -0.39 is 4.92 Å². The lowest BCUT2D eigenvalue weighted by Crippen LogP contribution is -1.95. The average molecular weight is 270 g/mol. The molecule has 0 bridgehead atoms. The third-order valence-corrected chi connectivity index (χ3v) is 2.63. The van der Waals surface area contributed by atoms with Crippen LogP contribution < -0.4 is 4.74 Å². The van der Waals surface area contributed by atoms with Crippen LogP contribution in [0, 0.1) is 10.1 Å². The molecule has 0 aliphatic carbocycles. The fraction of sp³-hybridized carbons (Fsp3) is 0.133. The molecule has 0 saturated heterocycles. The van der Waals surface area contributed by atoms with E-state index in [4.69, 9.17) is 4.74 Å². The molecule has 20 heavy (non-hydrogen) atoms. The van der Waals surface area contributed by atoms with Crippen molar-refractivity contribution in [3.8, 4) is 5.75 Å². The molecule has 2 aromatic carbocycles. The zero-order chi connectivity index (χ0) is 14.4. The second-order valence-corrected chi connectivity index (χ2v) is 4.00. The van der Waals surface area contributed by atoms with Crippen LogP contribution in [0.3, 0.4) is 0 Å². The van der Waals surface area contributed by atoms with Crippen LogP contribution in [0.15, 0.2) is 53.5 Å². The van der Waals surface area contributed by atoms with Crippen molar-refractivity contribution in [2.45, 2.75) is 6.92 Å². The molecule has 0 amide bonds. The lowest BCUT2D eigenvalue weighted by molar-refractivity contribution is -0.384. The number of ether oxygens (including phenoxy) is 1. The monoisotopic (exact) mass is 270 g/mol. The first-order chi connectivity index (χ1) is 9.70. The summed E-state index contributed by atoms with van der Waals surface area (Å²) in [5.74, 6) is 0.765. The van der Waals surface area contributed by atoms with Gasteiger partial charge in [0.1, 0.15) is 5.75 Å². The number of rotatable bonds is 5. The molecule has 0 N–H and O–H groups in total. The van der Waals surface area contributed by atoms with Crippen LogP contribution in [0.1, 0.15) is 12.5 Å². The van der Waals surface area contributed by atoms with Crippen LogP contribution >= 0.6 is 0 Å². The number of nitro groups is 1. The van der Waals surface area contributed by atoms with Crippen LogP contribution in [-0.2, 0) is 0 Å². The Hall–Kier alpha value is -2.69. The first-order valence-corrected chi connectivity index (χ1v) is 6.21.